The molecule has 0 aliphatic rings. The first-order valence-electron chi connectivity index (χ1n) is 4.16. The Hall–Kier alpha value is 0.701. The van der Waals surface area contributed by atoms with Crippen molar-refractivity contribution in [3.8, 4) is 0 Å². The SMILES string of the molecule is CCn1nc(C)cc1C[B-](F)(F)F.[K+]. The van der Waals surface area contributed by atoms with Gasteiger partial charge in [0.1, 0.15) is 0 Å². The van der Waals surface area contributed by atoms with Crippen molar-refractivity contribution in [1.82, 2.24) is 9.78 Å². The summed E-state index contributed by atoms with van der Waals surface area (Å²) in [6.07, 6.45) is -0.839. The molecule has 0 saturated heterocycles. The number of halogens is 3. The Bertz CT molecular complexity index is 298. The summed E-state index contributed by atoms with van der Waals surface area (Å²) in [6.45, 7) is -0.804. The summed E-state index contributed by atoms with van der Waals surface area (Å²) in [5, 5.41) is 3.94. The van der Waals surface area contributed by atoms with Crippen LogP contribution < -0.4 is 51.4 Å². The predicted octanol–water partition coefficient (Wildman–Crippen LogP) is -0.855. The fraction of sp³-hybridized carbons (Fsp3) is 0.571. The topological polar surface area (TPSA) is 17.8 Å². The zero-order valence-electron chi connectivity index (χ0n) is 8.60. The molecule has 0 aromatic carbocycles. The second-order valence-corrected chi connectivity index (χ2v) is 3.01. The van der Waals surface area contributed by atoms with E-state index in [1.165, 1.54) is 10.7 Å². The van der Waals surface area contributed by atoms with Crippen molar-refractivity contribution < 1.29 is 64.3 Å². The van der Waals surface area contributed by atoms with Gasteiger partial charge in [-0.1, -0.05) is 0 Å². The van der Waals surface area contributed by atoms with Crippen LogP contribution in [-0.4, -0.2) is 16.8 Å². The molecule has 0 radical (unpaired) electrons. The molecule has 1 aromatic rings. The van der Waals surface area contributed by atoms with Crippen LogP contribution in [0.2, 0.25) is 0 Å². The van der Waals surface area contributed by atoms with E-state index in [9.17, 15) is 12.9 Å². The van der Waals surface area contributed by atoms with Gasteiger partial charge in [0.2, 0.25) is 0 Å². The molecule has 14 heavy (non-hydrogen) atoms. The molecule has 7 heteroatoms. The Morgan fingerprint density at radius 3 is 2.43 bits per heavy atom. The van der Waals surface area contributed by atoms with Crippen molar-refractivity contribution in [2.45, 2.75) is 26.7 Å². The van der Waals surface area contributed by atoms with Crippen LogP contribution in [0.25, 0.3) is 0 Å². The fourth-order valence-corrected chi connectivity index (χ4v) is 1.27. The number of nitrogens with zero attached hydrogens (tertiary/aromatic N) is 2. The Morgan fingerprint density at radius 2 is 2.00 bits per heavy atom. The Morgan fingerprint density at radius 1 is 1.43 bits per heavy atom. The summed E-state index contributed by atoms with van der Waals surface area (Å²) in [5.74, 6) is 0. The minimum atomic E-state index is -4.76. The maximum absolute atomic E-state index is 12.1. The summed E-state index contributed by atoms with van der Waals surface area (Å²) < 4.78 is 37.7. The molecule has 0 atom stereocenters. The maximum atomic E-state index is 12.1. The van der Waals surface area contributed by atoms with Crippen molar-refractivity contribution in [2.24, 2.45) is 0 Å². The van der Waals surface area contributed by atoms with Gasteiger partial charge in [0.15, 0.2) is 0 Å². The maximum Gasteiger partial charge on any atom is 1.00 e. The van der Waals surface area contributed by atoms with Crippen molar-refractivity contribution >= 4 is 6.98 Å². The third kappa shape index (κ3) is 4.48. The third-order valence-electron chi connectivity index (χ3n) is 1.73. The van der Waals surface area contributed by atoms with Crippen LogP contribution in [0.3, 0.4) is 0 Å². The smallest absolute Gasteiger partial charge is 0.449 e. The summed E-state index contributed by atoms with van der Waals surface area (Å²) in [7, 11) is 0. The number of hydrogen-bond acceptors (Lipinski definition) is 1. The molecule has 1 heterocycles. The number of rotatable bonds is 3. The molecule has 0 unspecified atom stereocenters. The molecule has 0 aliphatic heterocycles. The molecule has 2 nitrogen and oxygen atoms in total. The van der Waals surface area contributed by atoms with E-state index >= 15 is 0 Å². The number of hydrogen-bond donors (Lipinski definition) is 0. The first-order valence-corrected chi connectivity index (χ1v) is 4.16. The molecule has 0 N–H and O–H groups in total. The van der Waals surface area contributed by atoms with Crippen LogP contribution in [0.15, 0.2) is 6.07 Å². The molecule has 74 valence electrons. The van der Waals surface area contributed by atoms with E-state index in [-0.39, 0.29) is 57.1 Å². The molecule has 1 aromatic heterocycles. The third-order valence-corrected chi connectivity index (χ3v) is 1.73. The molecular formula is C7H11BF3KN2. The van der Waals surface area contributed by atoms with Gasteiger partial charge in [-0.3, -0.25) is 4.68 Å². The van der Waals surface area contributed by atoms with Crippen molar-refractivity contribution in [3.63, 3.8) is 0 Å². The van der Waals surface area contributed by atoms with Gasteiger partial charge in [-0.15, -0.1) is 0 Å². The normalized spacial score (nSPS) is 11.2. The van der Waals surface area contributed by atoms with Gasteiger partial charge in [0.25, 0.3) is 0 Å². The average molecular weight is 230 g/mol. The van der Waals surface area contributed by atoms with Crippen molar-refractivity contribution in [3.05, 3.63) is 17.5 Å². The second kappa shape index (κ2) is 5.69. The first kappa shape index (κ1) is 14.7. The first-order chi connectivity index (χ1) is 5.92. The van der Waals surface area contributed by atoms with E-state index in [4.69, 9.17) is 0 Å². The zero-order chi connectivity index (χ0) is 10.1. The quantitative estimate of drug-likeness (QED) is 0.618. The Labute approximate surface area is 124 Å². The minimum Gasteiger partial charge on any atom is -0.449 e. The average Bonchev–Trinajstić information content (AvgIpc) is 2.27. The van der Waals surface area contributed by atoms with Crippen LogP contribution in [0.4, 0.5) is 12.9 Å². The number of aromatic nitrogens is 2. The van der Waals surface area contributed by atoms with Crippen LogP contribution in [0, 0.1) is 6.92 Å². The van der Waals surface area contributed by atoms with Gasteiger partial charge in [0.05, 0.1) is 5.69 Å². The van der Waals surface area contributed by atoms with Crippen molar-refractivity contribution in [2.75, 3.05) is 0 Å². The van der Waals surface area contributed by atoms with E-state index in [1.54, 1.807) is 13.8 Å². The van der Waals surface area contributed by atoms with Crippen LogP contribution in [0.1, 0.15) is 18.3 Å². The number of aryl methyl sites for hydroxylation is 2. The summed E-state index contributed by atoms with van der Waals surface area (Å²) >= 11 is 0. The van der Waals surface area contributed by atoms with Crippen LogP contribution >= 0.6 is 0 Å². The molecule has 0 spiro atoms. The van der Waals surface area contributed by atoms with Gasteiger partial charge < -0.3 is 12.9 Å². The summed E-state index contributed by atoms with van der Waals surface area (Å²) in [5.41, 5.74) is 0.893. The van der Waals surface area contributed by atoms with Gasteiger partial charge >= 0.3 is 58.4 Å². The molecule has 0 aliphatic carbocycles. The second-order valence-electron chi connectivity index (χ2n) is 3.01. The molecule has 0 amide bonds. The molecule has 0 fully saturated rings. The van der Waals surface area contributed by atoms with E-state index < -0.39 is 13.3 Å². The van der Waals surface area contributed by atoms with E-state index in [0.29, 0.717) is 12.2 Å². The zero-order valence-corrected chi connectivity index (χ0v) is 11.7. The largest absolute Gasteiger partial charge is 1.00 e. The minimum absolute atomic E-state index is 0. The predicted molar refractivity (Wildman–Crippen MR) is 45.4 cm³/mol. The molecule has 0 bridgehead atoms. The van der Waals surface area contributed by atoms with Gasteiger partial charge in [0, 0.05) is 12.2 Å². The van der Waals surface area contributed by atoms with E-state index in [0.717, 1.165) is 0 Å². The fourth-order valence-electron chi connectivity index (χ4n) is 1.27. The molecule has 0 saturated carbocycles. The van der Waals surface area contributed by atoms with Gasteiger partial charge in [-0.05, 0) is 26.2 Å². The van der Waals surface area contributed by atoms with Crippen LogP contribution in [-0.2, 0) is 12.9 Å². The van der Waals surface area contributed by atoms with E-state index in [2.05, 4.69) is 5.10 Å². The van der Waals surface area contributed by atoms with Gasteiger partial charge in [-0.2, -0.15) is 5.10 Å². The standard InChI is InChI=1S/C7H11BF3N2.K/c1-3-13-7(4-6(2)12-13)5-8(9,10)11;/h4H,3,5H2,1-2H3;/q-1;+1. The summed E-state index contributed by atoms with van der Waals surface area (Å²) in [4.78, 5) is 0. The van der Waals surface area contributed by atoms with Crippen LogP contribution in [0.5, 0.6) is 0 Å². The molecule has 1 rings (SSSR count). The Kier molecular flexibility index (Phi) is 5.98. The monoisotopic (exact) mass is 230 g/mol. The Balaban J connectivity index is 0.00000169. The van der Waals surface area contributed by atoms with Gasteiger partial charge in [-0.25, -0.2) is 0 Å². The van der Waals surface area contributed by atoms with Crippen molar-refractivity contribution in [1.29, 1.82) is 0 Å². The van der Waals surface area contributed by atoms with E-state index in [1.807, 2.05) is 0 Å². The summed E-state index contributed by atoms with van der Waals surface area (Å²) in [6, 6.07) is 1.48. The molecular weight excluding hydrogens is 219 g/mol.